The van der Waals surface area contributed by atoms with Crippen LogP contribution in [0.4, 0.5) is 0 Å². The number of nitrogens with one attached hydrogen (secondary N) is 1. The third kappa shape index (κ3) is 4.24. The third-order valence-electron chi connectivity index (χ3n) is 2.29. The molecule has 1 atom stereocenters. The molecule has 1 rings (SSSR count). The number of hydrogen-bond acceptors (Lipinski definition) is 3. The van der Waals surface area contributed by atoms with Crippen LogP contribution in [0.5, 0.6) is 5.75 Å². The highest BCUT2D eigenvalue weighted by molar-refractivity contribution is 6.30. The summed E-state index contributed by atoms with van der Waals surface area (Å²) in [5.41, 5.74) is 0.854. The van der Waals surface area contributed by atoms with Crippen molar-refractivity contribution in [1.82, 2.24) is 5.32 Å². The normalized spacial score (nSPS) is 12.2. The molecule has 0 saturated heterocycles. The molecule has 0 amide bonds. The molecule has 2 N–H and O–H groups in total. The predicted molar refractivity (Wildman–Crippen MR) is 66.6 cm³/mol. The Balaban J connectivity index is 2.74. The smallest absolute Gasteiger partial charge is 0.320 e. The van der Waals surface area contributed by atoms with Crippen molar-refractivity contribution in [3.8, 4) is 5.75 Å². The zero-order chi connectivity index (χ0) is 12.8. The Kier molecular flexibility index (Phi) is 5.25. The molecule has 0 spiro atoms. The molecule has 0 unspecified atom stereocenters. The van der Waals surface area contributed by atoms with Gasteiger partial charge in [0.05, 0.1) is 6.61 Å². The SMILES string of the molecule is CCOc1ccc(Cl)cc1CN[C@@H](C)C(=O)O. The van der Waals surface area contributed by atoms with Crippen molar-refractivity contribution in [3.05, 3.63) is 28.8 Å². The van der Waals surface area contributed by atoms with Crippen molar-refractivity contribution in [3.63, 3.8) is 0 Å². The van der Waals surface area contributed by atoms with Crippen LogP contribution in [0.15, 0.2) is 18.2 Å². The van der Waals surface area contributed by atoms with Crippen molar-refractivity contribution in [2.45, 2.75) is 26.4 Å². The van der Waals surface area contributed by atoms with E-state index in [1.54, 1.807) is 25.1 Å². The molecule has 0 heterocycles. The highest BCUT2D eigenvalue weighted by Crippen LogP contribution is 2.22. The molecule has 0 aliphatic rings. The molecule has 4 nitrogen and oxygen atoms in total. The summed E-state index contributed by atoms with van der Waals surface area (Å²) in [5, 5.41) is 12.3. The fourth-order valence-electron chi connectivity index (χ4n) is 1.33. The second-order valence-corrected chi connectivity index (χ2v) is 4.06. The maximum Gasteiger partial charge on any atom is 0.320 e. The Labute approximate surface area is 106 Å². The first-order valence-electron chi connectivity index (χ1n) is 5.42. The topological polar surface area (TPSA) is 58.6 Å². The minimum absolute atomic E-state index is 0.406. The molecule has 0 aliphatic heterocycles. The maximum atomic E-state index is 10.7. The molecule has 94 valence electrons. The molecule has 5 heteroatoms. The molecule has 0 aliphatic carbocycles. The van der Waals surface area contributed by atoms with E-state index in [0.717, 1.165) is 11.3 Å². The highest BCUT2D eigenvalue weighted by atomic mass is 35.5. The van der Waals surface area contributed by atoms with Crippen LogP contribution in [0.2, 0.25) is 5.02 Å². The van der Waals surface area contributed by atoms with Gasteiger partial charge in [0.2, 0.25) is 0 Å². The molecule has 1 aromatic carbocycles. The maximum absolute atomic E-state index is 10.7. The van der Waals surface area contributed by atoms with Gasteiger partial charge in [-0.15, -0.1) is 0 Å². The van der Waals surface area contributed by atoms with Gasteiger partial charge in [-0.25, -0.2) is 0 Å². The summed E-state index contributed by atoms with van der Waals surface area (Å²) in [7, 11) is 0. The number of aliphatic carboxylic acids is 1. The summed E-state index contributed by atoms with van der Waals surface area (Å²) in [6.07, 6.45) is 0. The summed E-state index contributed by atoms with van der Waals surface area (Å²) in [6.45, 7) is 4.45. The molecule has 17 heavy (non-hydrogen) atoms. The second kappa shape index (κ2) is 6.47. The van der Waals surface area contributed by atoms with E-state index in [2.05, 4.69) is 5.32 Å². The lowest BCUT2D eigenvalue weighted by Gasteiger charge is -2.13. The van der Waals surface area contributed by atoms with Gasteiger partial charge >= 0.3 is 5.97 Å². The first-order chi connectivity index (χ1) is 8.04. The summed E-state index contributed by atoms with van der Waals surface area (Å²) < 4.78 is 5.44. The van der Waals surface area contributed by atoms with Crippen LogP contribution in [0, 0.1) is 0 Å². The Hall–Kier alpha value is -1.26. The molecule has 1 aromatic rings. The van der Waals surface area contributed by atoms with Gasteiger partial charge in [0, 0.05) is 17.1 Å². The summed E-state index contributed by atoms with van der Waals surface area (Å²) in [4.78, 5) is 10.7. The van der Waals surface area contributed by atoms with Crippen molar-refractivity contribution < 1.29 is 14.6 Å². The average molecular weight is 258 g/mol. The Bertz CT molecular complexity index is 395. The largest absolute Gasteiger partial charge is 0.494 e. The number of carbonyl (C=O) groups is 1. The Morgan fingerprint density at radius 3 is 2.88 bits per heavy atom. The van der Waals surface area contributed by atoms with Crippen LogP contribution in [0.1, 0.15) is 19.4 Å². The van der Waals surface area contributed by atoms with Crippen LogP contribution in [-0.2, 0) is 11.3 Å². The van der Waals surface area contributed by atoms with Crippen LogP contribution in [-0.4, -0.2) is 23.7 Å². The van der Waals surface area contributed by atoms with Crippen LogP contribution >= 0.6 is 11.6 Å². The van der Waals surface area contributed by atoms with Gasteiger partial charge < -0.3 is 15.2 Å². The number of carboxylic acids is 1. The second-order valence-electron chi connectivity index (χ2n) is 3.63. The molecule has 0 radical (unpaired) electrons. The van der Waals surface area contributed by atoms with Gasteiger partial charge in [-0.2, -0.15) is 0 Å². The first kappa shape index (κ1) is 13.8. The van der Waals surface area contributed by atoms with Gasteiger partial charge in [0.1, 0.15) is 11.8 Å². The van der Waals surface area contributed by atoms with E-state index in [-0.39, 0.29) is 0 Å². The van der Waals surface area contributed by atoms with Gasteiger partial charge in [-0.1, -0.05) is 11.6 Å². The standard InChI is InChI=1S/C12H16ClNO3/c1-3-17-11-5-4-10(13)6-9(11)7-14-8(2)12(15)16/h4-6,8,14H,3,7H2,1-2H3,(H,15,16)/t8-/m0/s1. The zero-order valence-electron chi connectivity index (χ0n) is 9.87. The minimum Gasteiger partial charge on any atom is -0.494 e. The van der Waals surface area contributed by atoms with E-state index in [1.165, 1.54) is 0 Å². The van der Waals surface area contributed by atoms with Gasteiger partial charge in [0.25, 0.3) is 0 Å². The summed E-state index contributed by atoms with van der Waals surface area (Å²) in [6, 6.07) is 4.70. The van der Waals surface area contributed by atoms with Crippen molar-refractivity contribution >= 4 is 17.6 Å². The van der Waals surface area contributed by atoms with E-state index in [4.69, 9.17) is 21.4 Å². The monoisotopic (exact) mass is 257 g/mol. The number of carboxylic acid groups (broad SMARTS) is 1. The third-order valence-corrected chi connectivity index (χ3v) is 2.53. The number of rotatable bonds is 6. The molecule has 0 fully saturated rings. The minimum atomic E-state index is -0.884. The molecule has 0 bridgehead atoms. The lowest BCUT2D eigenvalue weighted by molar-refractivity contribution is -0.139. The summed E-state index contributed by atoms with van der Waals surface area (Å²) >= 11 is 5.90. The van der Waals surface area contributed by atoms with Gasteiger partial charge in [-0.05, 0) is 32.0 Å². The van der Waals surface area contributed by atoms with Gasteiger partial charge in [0.15, 0.2) is 0 Å². The van der Waals surface area contributed by atoms with Gasteiger partial charge in [-0.3, -0.25) is 4.79 Å². The van der Waals surface area contributed by atoms with Crippen LogP contribution < -0.4 is 10.1 Å². The van der Waals surface area contributed by atoms with E-state index in [1.807, 2.05) is 6.92 Å². The van der Waals surface area contributed by atoms with Crippen LogP contribution in [0.3, 0.4) is 0 Å². The lowest BCUT2D eigenvalue weighted by atomic mass is 10.2. The fourth-order valence-corrected chi connectivity index (χ4v) is 1.53. The van der Waals surface area contributed by atoms with Crippen molar-refractivity contribution in [2.75, 3.05) is 6.61 Å². The predicted octanol–water partition coefficient (Wildman–Crippen LogP) is 2.30. The zero-order valence-corrected chi connectivity index (χ0v) is 10.6. The lowest BCUT2D eigenvalue weighted by Crippen LogP contribution is -2.33. The van der Waals surface area contributed by atoms with E-state index in [9.17, 15) is 4.79 Å². The number of benzene rings is 1. The molecule has 0 aromatic heterocycles. The number of ether oxygens (including phenoxy) is 1. The van der Waals surface area contributed by atoms with Crippen molar-refractivity contribution in [2.24, 2.45) is 0 Å². The fraction of sp³-hybridized carbons (Fsp3) is 0.417. The van der Waals surface area contributed by atoms with Crippen molar-refractivity contribution in [1.29, 1.82) is 0 Å². The average Bonchev–Trinajstić information content (AvgIpc) is 2.29. The molecule has 0 saturated carbocycles. The highest BCUT2D eigenvalue weighted by Gasteiger charge is 2.11. The number of halogens is 1. The Morgan fingerprint density at radius 1 is 1.59 bits per heavy atom. The van der Waals surface area contributed by atoms with E-state index in [0.29, 0.717) is 18.2 Å². The van der Waals surface area contributed by atoms with Crippen LogP contribution in [0.25, 0.3) is 0 Å². The molecular weight excluding hydrogens is 242 g/mol. The number of hydrogen-bond donors (Lipinski definition) is 2. The summed E-state index contributed by atoms with van der Waals surface area (Å²) in [5.74, 6) is -0.160. The quantitative estimate of drug-likeness (QED) is 0.821. The first-order valence-corrected chi connectivity index (χ1v) is 5.79. The van der Waals surface area contributed by atoms with E-state index >= 15 is 0 Å². The molecular formula is C12H16ClNO3. The Morgan fingerprint density at radius 2 is 2.29 bits per heavy atom. The van der Waals surface area contributed by atoms with E-state index < -0.39 is 12.0 Å².